The summed E-state index contributed by atoms with van der Waals surface area (Å²) in [5.74, 6) is 0. The Bertz CT molecular complexity index is 560. The third-order valence-corrected chi connectivity index (χ3v) is 2.39. The molecule has 0 aliphatic carbocycles. The molecule has 0 fully saturated rings. The number of hydrogen-bond acceptors (Lipinski definition) is 2. The highest BCUT2D eigenvalue weighted by atomic mass is 14.2. The van der Waals surface area contributed by atoms with E-state index in [1.165, 1.54) is 0 Å². The van der Waals surface area contributed by atoms with Gasteiger partial charge in [0.25, 0.3) is 0 Å². The molecule has 0 radical (unpaired) electrons. The molecule has 0 saturated carbocycles. The molecule has 2 rings (SSSR count). The molecule has 2 aromatic carbocycles. The van der Waals surface area contributed by atoms with E-state index in [0.29, 0.717) is 6.42 Å². The number of hydrogen-bond donors (Lipinski definition) is 0. The maximum atomic E-state index is 8.47. The van der Waals surface area contributed by atoms with Gasteiger partial charge in [-0.15, -0.1) is 0 Å². The predicted octanol–water partition coefficient (Wildman–Crippen LogP) is 3.62. The summed E-state index contributed by atoms with van der Waals surface area (Å²) >= 11 is 0. The van der Waals surface area contributed by atoms with Crippen molar-refractivity contribution in [3.05, 3.63) is 71.3 Å². The van der Waals surface area contributed by atoms with Crippen LogP contribution in [0, 0.1) is 29.6 Å². The smallest absolute Gasteiger partial charge is 0.0994 e. The lowest BCUT2D eigenvalue weighted by atomic mass is 10.1. The first-order chi connectivity index (χ1) is 8.77. The summed E-state index contributed by atoms with van der Waals surface area (Å²) < 4.78 is 0. The van der Waals surface area contributed by atoms with Crippen LogP contribution in [0.4, 0.5) is 0 Å². The summed E-state index contributed by atoms with van der Waals surface area (Å²) in [6.07, 6.45) is 0.515. The lowest BCUT2D eigenvalue weighted by Gasteiger charge is -1.90. The number of aryl methyl sites for hydroxylation is 1. The molecule has 0 aliphatic rings. The highest BCUT2D eigenvalue weighted by Crippen LogP contribution is 2.03. The Morgan fingerprint density at radius 1 is 0.889 bits per heavy atom. The van der Waals surface area contributed by atoms with Crippen LogP contribution in [0.3, 0.4) is 0 Å². The lowest BCUT2D eigenvalue weighted by molar-refractivity contribution is 1.26. The monoisotopic (exact) mass is 234 g/mol. The van der Waals surface area contributed by atoms with Crippen LogP contribution in [-0.2, 0) is 6.42 Å². The third-order valence-electron chi connectivity index (χ3n) is 2.39. The minimum absolute atomic E-state index is 0.515. The highest BCUT2D eigenvalue weighted by molar-refractivity contribution is 5.35. The van der Waals surface area contributed by atoms with Crippen molar-refractivity contribution in [2.75, 3.05) is 0 Å². The topological polar surface area (TPSA) is 47.6 Å². The van der Waals surface area contributed by atoms with Crippen LogP contribution in [0.25, 0.3) is 0 Å². The Hall–Kier alpha value is -2.58. The largest absolute Gasteiger partial charge is 0.198 e. The van der Waals surface area contributed by atoms with Gasteiger partial charge >= 0.3 is 0 Å². The fourth-order valence-electron chi connectivity index (χ4n) is 1.39. The van der Waals surface area contributed by atoms with Crippen molar-refractivity contribution in [1.82, 2.24) is 0 Å². The molecule has 0 bridgehead atoms. The average molecular weight is 234 g/mol. The predicted molar refractivity (Wildman–Crippen MR) is 71.7 cm³/mol. The first kappa shape index (κ1) is 13.5. The van der Waals surface area contributed by atoms with Crippen molar-refractivity contribution in [2.45, 2.75) is 13.3 Å². The molecule has 0 atom stereocenters. The van der Waals surface area contributed by atoms with Gasteiger partial charge in [-0.1, -0.05) is 48.5 Å². The molecule has 0 N–H and O–H groups in total. The van der Waals surface area contributed by atoms with E-state index in [2.05, 4.69) is 12.1 Å². The van der Waals surface area contributed by atoms with E-state index < -0.39 is 0 Å². The van der Waals surface area contributed by atoms with Crippen molar-refractivity contribution in [1.29, 1.82) is 10.5 Å². The first-order valence-electron chi connectivity index (χ1n) is 5.64. The van der Waals surface area contributed by atoms with Crippen LogP contribution in [0.2, 0.25) is 0 Å². The Kier molecular flexibility index (Phi) is 5.73. The number of rotatable bonds is 1. The molecule has 0 aliphatic heterocycles. The number of benzene rings is 2. The van der Waals surface area contributed by atoms with E-state index in [9.17, 15) is 0 Å². The molecule has 0 heterocycles. The Balaban J connectivity index is 0.000000180. The quantitative estimate of drug-likeness (QED) is 0.756. The second-order valence-electron chi connectivity index (χ2n) is 3.75. The van der Waals surface area contributed by atoms with Crippen LogP contribution >= 0.6 is 0 Å². The molecule has 0 amide bonds. The fraction of sp³-hybridized carbons (Fsp3) is 0.125. The molecule has 2 nitrogen and oxygen atoms in total. The van der Waals surface area contributed by atoms with E-state index in [-0.39, 0.29) is 0 Å². The molecule has 0 unspecified atom stereocenters. The van der Waals surface area contributed by atoms with Gasteiger partial charge in [-0.25, -0.2) is 0 Å². The lowest BCUT2D eigenvalue weighted by Crippen LogP contribution is -1.77. The van der Waals surface area contributed by atoms with Gasteiger partial charge < -0.3 is 0 Å². The van der Waals surface area contributed by atoms with Crippen molar-refractivity contribution in [2.24, 2.45) is 0 Å². The minimum Gasteiger partial charge on any atom is -0.198 e. The molecular formula is C16H14N2. The maximum absolute atomic E-state index is 8.47. The van der Waals surface area contributed by atoms with Gasteiger partial charge in [0.15, 0.2) is 0 Å². The highest BCUT2D eigenvalue weighted by Gasteiger charge is 1.90. The van der Waals surface area contributed by atoms with Crippen molar-refractivity contribution < 1.29 is 0 Å². The van der Waals surface area contributed by atoms with Gasteiger partial charge in [0.1, 0.15) is 0 Å². The summed E-state index contributed by atoms with van der Waals surface area (Å²) in [5, 5.41) is 16.7. The molecule has 0 saturated heterocycles. The second-order valence-corrected chi connectivity index (χ2v) is 3.75. The van der Waals surface area contributed by atoms with Gasteiger partial charge in [-0.05, 0) is 24.1 Å². The van der Waals surface area contributed by atoms with Gasteiger partial charge in [0.2, 0.25) is 0 Å². The molecule has 0 spiro atoms. The zero-order chi connectivity index (χ0) is 13.2. The normalized spacial score (nSPS) is 8.39. The summed E-state index contributed by atoms with van der Waals surface area (Å²) in [7, 11) is 0. The maximum Gasteiger partial charge on any atom is 0.0994 e. The van der Waals surface area contributed by atoms with Crippen molar-refractivity contribution >= 4 is 0 Å². The summed E-state index contributed by atoms with van der Waals surface area (Å²) in [6.45, 7) is 1.93. The Labute approximate surface area is 108 Å². The second kappa shape index (κ2) is 7.65. The van der Waals surface area contributed by atoms with E-state index in [4.69, 9.17) is 10.5 Å². The van der Waals surface area contributed by atoms with Crippen LogP contribution in [-0.4, -0.2) is 0 Å². The van der Waals surface area contributed by atoms with Gasteiger partial charge in [0.05, 0.1) is 24.1 Å². The Morgan fingerprint density at radius 2 is 1.50 bits per heavy atom. The first-order valence-corrected chi connectivity index (χ1v) is 5.64. The van der Waals surface area contributed by atoms with Crippen LogP contribution in [0.1, 0.15) is 16.7 Å². The molecule has 0 aromatic heterocycles. The molecule has 2 aromatic rings. The molecule has 88 valence electrons. The van der Waals surface area contributed by atoms with Gasteiger partial charge in [0, 0.05) is 0 Å². The minimum atomic E-state index is 0.515. The number of nitriles is 2. The van der Waals surface area contributed by atoms with E-state index in [0.717, 1.165) is 16.7 Å². The molecule has 18 heavy (non-hydrogen) atoms. The summed E-state index contributed by atoms with van der Waals surface area (Å²) in [5.41, 5.74) is 2.89. The fourth-order valence-corrected chi connectivity index (χ4v) is 1.39. The zero-order valence-corrected chi connectivity index (χ0v) is 10.3. The number of nitrogens with zero attached hydrogens (tertiary/aromatic N) is 2. The zero-order valence-electron chi connectivity index (χ0n) is 10.3. The van der Waals surface area contributed by atoms with E-state index in [1.54, 1.807) is 0 Å². The van der Waals surface area contributed by atoms with Crippen LogP contribution < -0.4 is 0 Å². The molecule has 2 heteroatoms. The van der Waals surface area contributed by atoms with Crippen molar-refractivity contribution in [3.8, 4) is 12.1 Å². The summed E-state index contributed by atoms with van der Waals surface area (Å²) in [4.78, 5) is 0. The van der Waals surface area contributed by atoms with E-state index >= 15 is 0 Å². The standard InChI is InChI=1S/2C8H7N/c1-7-4-2-3-5-8(7)6-9;9-7-6-8-4-2-1-3-5-8/h2-5H,1H3;1-5H,6H2. The van der Waals surface area contributed by atoms with Crippen LogP contribution in [0.15, 0.2) is 54.6 Å². The Morgan fingerprint density at radius 3 is 2.00 bits per heavy atom. The third kappa shape index (κ3) is 4.51. The molecular weight excluding hydrogens is 220 g/mol. The van der Waals surface area contributed by atoms with Gasteiger partial charge in [-0.2, -0.15) is 10.5 Å². The SMILES string of the molecule is Cc1ccccc1C#N.N#CCc1ccccc1. The van der Waals surface area contributed by atoms with Gasteiger partial charge in [-0.3, -0.25) is 0 Å². The van der Waals surface area contributed by atoms with Crippen LogP contribution in [0.5, 0.6) is 0 Å². The van der Waals surface area contributed by atoms with Crippen molar-refractivity contribution in [3.63, 3.8) is 0 Å². The van der Waals surface area contributed by atoms with E-state index in [1.807, 2.05) is 61.5 Å². The summed E-state index contributed by atoms with van der Waals surface area (Å²) in [6, 6.07) is 21.4. The average Bonchev–Trinajstić information content (AvgIpc) is 2.42.